The molecule has 1 rings (SSSR count). The predicted octanol–water partition coefficient (Wildman–Crippen LogP) is 3.24. The van der Waals surface area contributed by atoms with Gasteiger partial charge in [0.1, 0.15) is 5.78 Å². The largest absolute Gasteiger partial charge is 0.392 e. The molecular weight excluding hydrogens is 252 g/mol. The highest BCUT2D eigenvalue weighted by Gasteiger charge is 2.39. The van der Waals surface area contributed by atoms with Crippen LogP contribution in [-0.2, 0) is 4.79 Å². The lowest BCUT2D eigenvalue weighted by Gasteiger charge is -2.22. The number of ketones is 1. The number of hydrogen-bond donors (Lipinski definition) is 2. The second-order valence-corrected chi connectivity index (χ2v) is 6.44. The van der Waals surface area contributed by atoms with Crippen molar-refractivity contribution in [3.05, 3.63) is 12.2 Å². The van der Waals surface area contributed by atoms with Gasteiger partial charge in [-0.3, -0.25) is 4.79 Å². The van der Waals surface area contributed by atoms with Gasteiger partial charge in [-0.05, 0) is 26.2 Å². The van der Waals surface area contributed by atoms with Crippen LogP contribution in [0.25, 0.3) is 0 Å². The third-order valence-electron chi connectivity index (χ3n) is 4.32. The van der Waals surface area contributed by atoms with Gasteiger partial charge in [0.2, 0.25) is 0 Å². The van der Waals surface area contributed by atoms with Crippen LogP contribution in [0.1, 0.15) is 65.7 Å². The first-order chi connectivity index (χ1) is 9.41. The fourth-order valence-corrected chi connectivity index (χ4v) is 3.04. The summed E-state index contributed by atoms with van der Waals surface area (Å²) in [5, 5.41) is 20.2. The zero-order valence-corrected chi connectivity index (χ0v) is 13.1. The molecule has 0 heterocycles. The van der Waals surface area contributed by atoms with Crippen molar-refractivity contribution in [3.63, 3.8) is 0 Å². The molecule has 0 saturated heterocycles. The van der Waals surface area contributed by atoms with Gasteiger partial charge in [0.05, 0.1) is 11.7 Å². The monoisotopic (exact) mass is 282 g/mol. The van der Waals surface area contributed by atoms with Crippen LogP contribution >= 0.6 is 0 Å². The second-order valence-electron chi connectivity index (χ2n) is 6.44. The molecule has 0 aromatic heterocycles. The van der Waals surface area contributed by atoms with Gasteiger partial charge in [-0.2, -0.15) is 0 Å². The van der Waals surface area contributed by atoms with E-state index < -0.39 is 11.7 Å². The van der Waals surface area contributed by atoms with Gasteiger partial charge in [0.15, 0.2) is 0 Å². The number of carbonyl (C=O) groups excluding carboxylic acids is 1. The molecule has 4 atom stereocenters. The molecule has 0 aliphatic heterocycles. The molecule has 1 aliphatic rings. The SMILES string of the molecule is CCCCC(C)(O)CC=CC1C(O)CC(=O)C1CCC. The average molecular weight is 282 g/mol. The maximum absolute atomic E-state index is 11.8. The second kappa shape index (κ2) is 7.94. The number of hydrogen-bond acceptors (Lipinski definition) is 3. The number of Topliss-reactive ketones (excluding diaryl/α,β-unsaturated/α-hetero) is 1. The summed E-state index contributed by atoms with van der Waals surface area (Å²) in [5.41, 5.74) is -0.680. The minimum absolute atomic E-state index is 0.0353. The highest BCUT2D eigenvalue weighted by Crippen LogP contribution is 2.34. The van der Waals surface area contributed by atoms with E-state index in [1.807, 2.05) is 19.1 Å². The first-order valence-electron chi connectivity index (χ1n) is 8.01. The molecular formula is C17H30O3. The zero-order valence-electron chi connectivity index (χ0n) is 13.1. The standard InChI is InChI=1S/C17H30O3/c1-4-6-10-17(3,20)11-7-9-14-13(8-5-2)15(18)12-16(14)19/h7,9,13-14,16,19-20H,4-6,8,10-12H2,1-3H3. The molecule has 0 bridgehead atoms. The van der Waals surface area contributed by atoms with E-state index in [4.69, 9.17) is 0 Å². The van der Waals surface area contributed by atoms with Crippen molar-refractivity contribution in [2.24, 2.45) is 11.8 Å². The Morgan fingerprint density at radius 2 is 2.05 bits per heavy atom. The van der Waals surface area contributed by atoms with Crippen LogP contribution in [0.3, 0.4) is 0 Å². The lowest BCUT2D eigenvalue weighted by atomic mass is 9.88. The lowest BCUT2D eigenvalue weighted by Crippen LogP contribution is -2.23. The third kappa shape index (κ3) is 5.02. The van der Waals surface area contributed by atoms with Gasteiger partial charge in [0.25, 0.3) is 0 Å². The quantitative estimate of drug-likeness (QED) is 0.672. The lowest BCUT2D eigenvalue weighted by molar-refractivity contribution is -0.121. The topological polar surface area (TPSA) is 57.5 Å². The Labute approximate surface area is 123 Å². The van der Waals surface area contributed by atoms with Crippen molar-refractivity contribution >= 4 is 5.78 Å². The summed E-state index contributed by atoms with van der Waals surface area (Å²) >= 11 is 0. The Balaban J connectivity index is 2.56. The maximum Gasteiger partial charge on any atom is 0.139 e. The molecule has 20 heavy (non-hydrogen) atoms. The van der Waals surface area contributed by atoms with Crippen molar-refractivity contribution in [2.45, 2.75) is 77.4 Å². The van der Waals surface area contributed by atoms with Crippen molar-refractivity contribution in [1.82, 2.24) is 0 Å². The van der Waals surface area contributed by atoms with Crippen LogP contribution in [0.2, 0.25) is 0 Å². The Hall–Kier alpha value is -0.670. The first-order valence-corrected chi connectivity index (χ1v) is 8.01. The van der Waals surface area contributed by atoms with E-state index in [-0.39, 0.29) is 24.0 Å². The molecule has 4 unspecified atom stereocenters. The summed E-state index contributed by atoms with van der Waals surface area (Å²) < 4.78 is 0. The van der Waals surface area contributed by atoms with Crippen molar-refractivity contribution in [2.75, 3.05) is 0 Å². The number of aliphatic hydroxyl groups is 2. The molecule has 3 heteroatoms. The molecule has 2 N–H and O–H groups in total. The molecule has 0 aromatic rings. The molecule has 0 aromatic carbocycles. The molecule has 1 saturated carbocycles. The first kappa shape index (κ1) is 17.4. The number of rotatable bonds is 8. The van der Waals surface area contributed by atoms with E-state index in [0.29, 0.717) is 6.42 Å². The molecule has 0 amide bonds. The molecule has 3 nitrogen and oxygen atoms in total. The Morgan fingerprint density at radius 3 is 2.65 bits per heavy atom. The fraction of sp³-hybridized carbons (Fsp3) is 0.824. The van der Waals surface area contributed by atoms with Gasteiger partial charge in [-0.1, -0.05) is 45.3 Å². The Morgan fingerprint density at radius 1 is 1.35 bits per heavy atom. The molecule has 1 fully saturated rings. The highest BCUT2D eigenvalue weighted by molar-refractivity contribution is 5.84. The summed E-state index contributed by atoms with van der Waals surface area (Å²) in [6.07, 6.45) is 8.92. The van der Waals surface area contributed by atoms with Gasteiger partial charge < -0.3 is 10.2 Å². The zero-order chi connectivity index (χ0) is 15.2. The van der Waals surface area contributed by atoms with Crippen LogP contribution in [0.15, 0.2) is 12.2 Å². The van der Waals surface area contributed by atoms with Crippen molar-refractivity contribution in [3.8, 4) is 0 Å². The third-order valence-corrected chi connectivity index (χ3v) is 4.32. The number of aliphatic hydroxyl groups excluding tert-OH is 1. The average Bonchev–Trinajstić information content (AvgIpc) is 2.63. The van der Waals surface area contributed by atoms with Crippen molar-refractivity contribution in [1.29, 1.82) is 0 Å². The minimum atomic E-state index is -0.680. The summed E-state index contributed by atoms with van der Waals surface area (Å²) in [6.45, 7) is 6.03. The van der Waals surface area contributed by atoms with Gasteiger partial charge in [0, 0.05) is 18.3 Å². The molecule has 116 valence electrons. The maximum atomic E-state index is 11.8. The van der Waals surface area contributed by atoms with Crippen LogP contribution in [0, 0.1) is 11.8 Å². The minimum Gasteiger partial charge on any atom is -0.392 e. The smallest absolute Gasteiger partial charge is 0.139 e. The van der Waals surface area contributed by atoms with Crippen molar-refractivity contribution < 1.29 is 15.0 Å². The molecule has 0 radical (unpaired) electrons. The molecule has 0 spiro atoms. The van der Waals surface area contributed by atoms with Crippen LogP contribution in [0.4, 0.5) is 0 Å². The Bertz CT molecular complexity index is 333. The number of unbranched alkanes of at least 4 members (excludes halogenated alkanes) is 1. The summed E-state index contributed by atoms with van der Waals surface area (Å²) in [6, 6.07) is 0. The highest BCUT2D eigenvalue weighted by atomic mass is 16.3. The van der Waals surface area contributed by atoms with Gasteiger partial charge in [-0.15, -0.1) is 0 Å². The summed E-state index contributed by atoms with van der Waals surface area (Å²) in [4.78, 5) is 11.8. The van der Waals surface area contributed by atoms with E-state index in [1.165, 1.54) is 0 Å². The van der Waals surface area contributed by atoms with E-state index in [2.05, 4.69) is 13.8 Å². The van der Waals surface area contributed by atoms with Crippen LogP contribution in [-0.4, -0.2) is 27.7 Å². The normalized spacial score (nSPS) is 30.1. The van der Waals surface area contributed by atoms with E-state index >= 15 is 0 Å². The summed E-state index contributed by atoms with van der Waals surface area (Å²) in [7, 11) is 0. The van der Waals surface area contributed by atoms with Gasteiger partial charge in [-0.25, -0.2) is 0 Å². The van der Waals surface area contributed by atoms with Crippen LogP contribution in [0.5, 0.6) is 0 Å². The Kier molecular flexibility index (Phi) is 6.90. The van der Waals surface area contributed by atoms with Crippen LogP contribution < -0.4 is 0 Å². The van der Waals surface area contributed by atoms with E-state index in [9.17, 15) is 15.0 Å². The van der Waals surface area contributed by atoms with E-state index in [0.717, 1.165) is 32.1 Å². The fourth-order valence-electron chi connectivity index (χ4n) is 3.04. The van der Waals surface area contributed by atoms with Gasteiger partial charge >= 0.3 is 0 Å². The molecule has 1 aliphatic carbocycles. The predicted molar refractivity (Wildman–Crippen MR) is 81.4 cm³/mol. The van der Waals surface area contributed by atoms with E-state index in [1.54, 1.807) is 0 Å². The number of carbonyl (C=O) groups is 1. The summed E-state index contributed by atoms with van der Waals surface area (Å²) in [5.74, 6) is 0.0861.